The number of carbonyl (C=O) groups excluding carboxylic acids is 2. The summed E-state index contributed by atoms with van der Waals surface area (Å²) in [7, 11) is 0. The minimum Gasteiger partial charge on any atom is -0.444 e. The molecule has 0 saturated heterocycles. The maximum atomic E-state index is 13.2. The minimum atomic E-state index is -1.13. The molecule has 0 aliphatic carbocycles. The van der Waals surface area contributed by atoms with E-state index in [9.17, 15) is 14.0 Å². The van der Waals surface area contributed by atoms with Gasteiger partial charge in [-0.05, 0) is 74.8 Å². The molecule has 0 radical (unpaired) electrons. The topological polar surface area (TPSA) is 76.5 Å². The van der Waals surface area contributed by atoms with Crippen LogP contribution in [-0.2, 0) is 22.6 Å². The monoisotopic (exact) mass is 480 g/mol. The second-order valence-electron chi connectivity index (χ2n) is 8.80. The first-order valence-electron chi connectivity index (χ1n) is 9.69. The van der Waals surface area contributed by atoms with E-state index < -0.39 is 17.2 Å². The number of alkyl carbamates (subject to hydrolysis) is 1. The lowest BCUT2D eigenvalue weighted by Gasteiger charge is -2.35. The number of nitrogens with zero attached hydrogens (tertiary/aromatic N) is 3. The van der Waals surface area contributed by atoms with Gasteiger partial charge in [-0.15, -0.1) is 0 Å². The molecule has 2 heterocycles. The Morgan fingerprint density at radius 2 is 1.77 bits per heavy atom. The van der Waals surface area contributed by atoms with E-state index in [0.717, 1.165) is 10.2 Å². The van der Waals surface area contributed by atoms with Crippen LogP contribution >= 0.6 is 15.9 Å². The summed E-state index contributed by atoms with van der Waals surface area (Å²) >= 11 is 3.58. The first-order chi connectivity index (χ1) is 13.9. The molecule has 0 unspecified atom stereocenters. The summed E-state index contributed by atoms with van der Waals surface area (Å²) in [6, 6.07) is 6.12. The van der Waals surface area contributed by atoms with Gasteiger partial charge >= 0.3 is 6.09 Å². The first-order valence-corrected chi connectivity index (χ1v) is 10.5. The zero-order valence-corrected chi connectivity index (χ0v) is 19.3. The van der Waals surface area contributed by atoms with E-state index in [1.165, 1.54) is 12.1 Å². The van der Waals surface area contributed by atoms with Crippen LogP contribution in [-0.4, -0.2) is 44.1 Å². The average molecular weight is 481 g/mol. The maximum Gasteiger partial charge on any atom is 0.408 e. The Bertz CT molecular complexity index is 964. The van der Waals surface area contributed by atoms with Gasteiger partial charge < -0.3 is 19.5 Å². The normalized spacial score (nSPS) is 14.3. The number of carbonyl (C=O) groups is 2. The third kappa shape index (κ3) is 4.83. The van der Waals surface area contributed by atoms with E-state index in [-0.39, 0.29) is 11.7 Å². The fourth-order valence-electron chi connectivity index (χ4n) is 3.27. The van der Waals surface area contributed by atoms with Crippen molar-refractivity contribution in [1.82, 2.24) is 19.8 Å². The molecule has 1 aliphatic rings. The zero-order chi connectivity index (χ0) is 22.3. The van der Waals surface area contributed by atoms with E-state index in [2.05, 4.69) is 26.2 Å². The van der Waals surface area contributed by atoms with Crippen LogP contribution in [0.1, 0.15) is 40.4 Å². The Morgan fingerprint density at radius 1 is 1.13 bits per heavy atom. The number of imidazole rings is 1. The Labute approximate surface area is 183 Å². The van der Waals surface area contributed by atoms with Gasteiger partial charge in [0.15, 0.2) is 0 Å². The number of aromatic nitrogens is 2. The number of fused-ring (bicyclic) bond motifs is 1. The van der Waals surface area contributed by atoms with Crippen molar-refractivity contribution in [2.24, 2.45) is 0 Å². The molecule has 7 nitrogen and oxygen atoms in total. The number of nitrogens with one attached hydrogen (secondary N) is 1. The Hall–Kier alpha value is -2.42. The molecule has 1 aromatic heterocycles. The van der Waals surface area contributed by atoms with Gasteiger partial charge in [-0.1, -0.05) is 0 Å². The standard InChI is InChI=1S/C21H26BrFN4O3/c1-20(2,3)30-19(29)25-21(4,5)18(28)26-10-11-27-15(12-26)24-16(17(27)22)13-6-8-14(23)9-7-13/h6-9H,10-12H2,1-5H3,(H,25,29). The van der Waals surface area contributed by atoms with Gasteiger partial charge in [0.2, 0.25) is 5.91 Å². The van der Waals surface area contributed by atoms with Crippen LogP contribution in [0.4, 0.5) is 9.18 Å². The van der Waals surface area contributed by atoms with Crippen molar-refractivity contribution in [3.05, 3.63) is 40.5 Å². The highest BCUT2D eigenvalue weighted by molar-refractivity contribution is 9.10. The minimum absolute atomic E-state index is 0.220. The second kappa shape index (κ2) is 8.02. The van der Waals surface area contributed by atoms with Gasteiger partial charge in [0.05, 0.1) is 6.54 Å². The highest BCUT2D eigenvalue weighted by atomic mass is 79.9. The highest BCUT2D eigenvalue weighted by Crippen LogP contribution is 2.31. The van der Waals surface area contributed by atoms with E-state index >= 15 is 0 Å². The number of amides is 2. The molecule has 162 valence electrons. The van der Waals surface area contributed by atoms with Crippen molar-refractivity contribution in [2.75, 3.05) is 6.54 Å². The molecule has 1 aromatic carbocycles. The van der Waals surface area contributed by atoms with Crippen LogP contribution in [0.2, 0.25) is 0 Å². The molecular weight excluding hydrogens is 455 g/mol. The molecular formula is C21H26BrFN4O3. The predicted octanol–water partition coefficient (Wildman–Crippen LogP) is 4.10. The van der Waals surface area contributed by atoms with Crippen LogP contribution < -0.4 is 5.32 Å². The summed E-state index contributed by atoms with van der Waals surface area (Å²) in [4.78, 5) is 31.6. The van der Waals surface area contributed by atoms with E-state index in [1.807, 2.05) is 4.57 Å². The van der Waals surface area contributed by atoms with Crippen molar-refractivity contribution in [1.29, 1.82) is 0 Å². The van der Waals surface area contributed by atoms with Crippen LogP contribution in [0.5, 0.6) is 0 Å². The molecule has 1 N–H and O–H groups in total. The number of ether oxygens (including phenoxy) is 1. The number of rotatable bonds is 3. The summed E-state index contributed by atoms with van der Waals surface area (Å²) in [5, 5.41) is 2.66. The number of benzene rings is 1. The Morgan fingerprint density at radius 3 is 2.37 bits per heavy atom. The molecule has 2 amide bonds. The van der Waals surface area contributed by atoms with Gasteiger partial charge in [0, 0.05) is 18.7 Å². The fourth-order valence-corrected chi connectivity index (χ4v) is 3.97. The van der Waals surface area contributed by atoms with E-state index in [1.54, 1.807) is 51.7 Å². The third-order valence-electron chi connectivity index (χ3n) is 4.66. The molecule has 1 aliphatic heterocycles. The van der Waals surface area contributed by atoms with Gasteiger partial charge in [-0.25, -0.2) is 14.2 Å². The Balaban J connectivity index is 1.75. The van der Waals surface area contributed by atoms with Crippen LogP contribution in [0.15, 0.2) is 28.9 Å². The molecule has 2 aromatic rings. The quantitative estimate of drug-likeness (QED) is 0.717. The predicted molar refractivity (Wildman–Crippen MR) is 114 cm³/mol. The van der Waals surface area contributed by atoms with E-state index in [4.69, 9.17) is 4.74 Å². The molecule has 0 spiro atoms. The molecule has 0 atom stereocenters. The SMILES string of the molecule is CC(C)(C)OC(=O)NC(C)(C)C(=O)N1CCn2c(nc(-c3ccc(F)cc3)c2Br)C1. The summed E-state index contributed by atoms with van der Waals surface area (Å²) in [5.74, 6) is 0.186. The highest BCUT2D eigenvalue weighted by Gasteiger charge is 2.37. The van der Waals surface area contributed by atoms with Crippen molar-refractivity contribution in [3.63, 3.8) is 0 Å². The van der Waals surface area contributed by atoms with Crippen LogP contribution in [0.3, 0.4) is 0 Å². The van der Waals surface area contributed by atoms with Crippen molar-refractivity contribution in [2.45, 2.75) is 58.8 Å². The summed E-state index contributed by atoms with van der Waals surface area (Å²) in [6.07, 6.45) is -0.638. The lowest BCUT2D eigenvalue weighted by atomic mass is 10.0. The largest absolute Gasteiger partial charge is 0.444 e. The lowest BCUT2D eigenvalue weighted by molar-refractivity contribution is -0.138. The first kappa shape index (κ1) is 22.3. The molecule has 9 heteroatoms. The van der Waals surface area contributed by atoms with Crippen molar-refractivity contribution < 1.29 is 18.7 Å². The third-order valence-corrected chi connectivity index (χ3v) is 5.47. The van der Waals surface area contributed by atoms with Gasteiger partial charge in [0.25, 0.3) is 0 Å². The molecule has 3 rings (SSSR count). The van der Waals surface area contributed by atoms with E-state index in [0.29, 0.717) is 31.2 Å². The maximum absolute atomic E-state index is 13.2. The number of hydrogen-bond donors (Lipinski definition) is 1. The number of halogens is 2. The zero-order valence-electron chi connectivity index (χ0n) is 17.8. The smallest absolute Gasteiger partial charge is 0.408 e. The molecule has 30 heavy (non-hydrogen) atoms. The summed E-state index contributed by atoms with van der Waals surface area (Å²) in [6.45, 7) is 9.94. The van der Waals surface area contributed by atoms with Gasteiger partial charge in [-0.2, -0.15) is 0 Å². The van der Waals surface area contributed by atoms with Crippen LogP contribution in [0, 0.1) is 5.82 Å². The Kier molecular flexibility index (Phi) is 5.95. The lowest BCUT2D eigenvalue weighted by Crippen LogP contribution is -2.57. The van der Waals surface area contributed by atoms with Crippen molar-refractivity contribution >= 4 is 27.9 Å². The average Bonchev–Trinajstić information content (AvgIpc) is 2.95. The summed E-state index contributed by atoms with van der Waals surface area (Å²) in [5.41, 5.74) is -0.295. The number of hydrogen-bond acceptors (Lipinski definition) is 4. The summed E-state index contributed by atoms with van der Waals surface area (Å²) < 4.78 is 21.3. The molecule has 0 fully saturated rings. The molecule has 0 saturated carbocycles. The van der Waals surface area contributed by atoms with Crippen LogP contribution in [0.25, 0.3) is 11.3 Å². The van der Waals surface area contributed by atoms with Gasteiger partial charge in [-0.3, -0.25) is 4.79 Å². The fraction of sp³-hybridized carbons (Fsp3) is 0.476. The van der Waals surface area contributed by atoms with Crippen molar-refractivity contribution in [3.8, 4) is 11.3 Å². The second-order valence-corrected chi connectivity index (χ2v) is 9.56. The van der Waals surface area contributed by atoms with Gasteiger partial charge in [0.1, 0.15) is 33.1 Å². The molecule has 0 bridgehead atoms.